The Morgan fingerprint density at radius 2 is 1.86 bits per heavy atom. The molecule has 0 spiro atoms. The van der Waals surface area contributed by atoms with Gasteiger partial charge in [-0.3, -0.25) is 0 Å². The molecule has 0 bridgehead atoms. The molecule has 0 atom stereocenters. The fourth-order valence-electron chi connectivity index (χ4n) is 1.96. The summed E-state index contributed by atoms with van der Waals surface area (Å²) >= 11 is 5.71. The Morgan fingerprint density at radius 3 is 2.55 bits per heavy atom. The topological polar surface area (TPSA) is 43.6 Å². The molecule has 0 saturated carbocycles. The predicted octanol–water partition coefficient (Wildman–Crippen LogP) is 3.69. The molecule has 0 N–H and O–H groups in total. The van der Waals surface area contributed by atoms with Crippen molar-refractivity contribution in [3.63, 3.8) is 0 Å². The summed E-state index contributed by atoms with van der Waals surface area (Å²) in [6, 6.07) is 5.93. The monoisotopic (exact) mass is 330 g/mol. The van der Waals surface area contributed by atoms with Crippen LogP contribution in [0.1, 0.15) is 11.4 Å². The van der Waals surface area contributed by atoms with E-state index in [1.165, 1.54) is 29.1 Å². The number of hydrogen-bond donors (Lipinski definition) is 0. The second-order valence-corrected chi connectivity index (χ2v) is 4.83. The third kappa shape index (κ3) is 2.61. The Hall–Kier alpha value is -2.22. The van der Waals surface area contributed by atoms with E-state index in [0.29, 0.717) is 5.56 Å². The molecule has 0 radical (unpaired) electrons. The Bertz CT molecular complexity index is 844. The van der Waals surface area contributed by atoms with Crippen molar-refractivity contribution in [1.29, 1.82) is 0 Å². The zero-order valence-corrected chi connectivity index (χ0v) is 11.5. The first kappa shape index (κ1) is 14.7. The van der Waals surface area contributed by atoms with E-state index >= 15 is 0 Å². The van der Waals surface area contributed by atoms with Gasteiger partial charge in [-0.25, -0.2) is 19.3 Å². The van der Waals surface area contributed by atoms with E-state index in [1.807, 2.05) is 0 Å². The maximum atomic E-state index is 13.7. The van der Waals surface area contributed by atoms with Crippen LogP contribution in [0.25, 0.3) is 11.2 Å². The molecule has 0 fully saturated rings. The first-order valence-electron chi connectivity index (χ1n) is 6.05. The van der Waals surface area contributed by atoms with Gasteiger partial charge >= 0.3 is 6.18 Å². The number of rotatable bonds is 2. The Morgan fingerprint density at radius 1 is 1.14 bits per heavy atom. The molecular weight excluding hydrogens is 324 g/mol. The number of nitrogens with zero attached hydrogens (tertiary/aromatic N) is 4. The summed E-state index contributed by atoms with van der Waals surface area (Å²) in [5, 5.41) is -0.399. The molecule has 0 aliphatic carbocycles. The van der Waals surface area contributed by atoms with E-state index < -0.39 is 23.0 Å². The van der Waals surface area contributed by atoms with Crippen LogP contribution in [0.4, 0.5) is 17.6 Å². The first-order chi connectivity index (χ1) is 10.4. The molecule has 3 aromatic rings. The van der Waals surface area contributed by atoms with E-state index in [0.717, 1.165) is 0 Å². The summed E-state index contributed by atoms with van der Waals surface area (Å²) in [6.45, 7) is -0.0200. The van der Waals surface area contributed by atoms with Crippen molar-refractivity contribution >= 4 is 22.8 Å². The molecule has 0 aliphatic heterocycles. The second kappa shape index (κ2) is 5.20. The smallest absolute Gasteiger partial charge is 0.311 e. The van der Waals surface area contributed by atoms with Crippen molar-refractivity contribution in [2.24, 2.45) is 0 Å². The maximum Gasteiger partial charge on any atom is 0.451 e. The molecule has 0 amide bonds. The van der Waals surface area contributed by atoms with Gasteiger partial charge < -0.3 is 4.57 Å². The maximum absolute atomic E-state index is 13.7. The summed E-state index contributed by atoms with van der Waals surface area (Å²) in [6.07, 6.45) is -3.48. The van der Waals surface area contributed by atoms with Crippen molar-refractivity contribution < 1.29 is 17.6 Å². The van der Waals surface area contributed by atoms with E-state index in [-0.39, 0.29) is 17.7 Å². The van der Waals surface area contributed by atoms with Crippen LogP contribution in [0.15, 0.2) is 30.6 Å². The number of aromatic nitrogens is 4. The molecule has 4 nitrogen and oxygen atoms in total. The van der Waals surface area contributed by atoms with Crippen LogP contribution < -0.4 is 0 Å². The van der Waals surface area contributed by atoms with Crippen LogP contribution in [0.3, 0.4) is 0 Å². The average molecular weight is 331 g/mol. The molecule has 9 heteroatoms. The molecule has 1 aromatic carbocycles. The number of hydrogen-bond acceptors (Lipinski definition) is 3. The Labute approximate surface area is 126 Å². The fraction of sp³-hybridized carbons (Fsp3) is 0.154. The number of benzene rings is 1. The van der Waals surface area contributed by atoms with Crippen LogP contribution in [-0.2, 0) is 12.7 Å². The van der Waals surface area contributed by atoms with Crippen molar-refractivity contribution in [3.05, 3.63) is 53.0 Å². The summed E-state index contributed by atoms with van der Waals surface area (Å²) in [5.41, 5.74) is 0.228. The van der Waals surface area contributed by atoms with Crippen molar-refractivity contribution in [3.8, 4) is 0 Å². The highest BCUT2D eigenvalue weighted by atomic mass is 35.5. The highest BCUT2D eigenvalue weighted by Gasteiger charge is 2.36. The fourth-order valence-corrected chi connectivity index (χ4v) is 2.18. The average Bonchev–Trinajstić information content (AvgIpc) is 2.84. The minimum Gasteiger partial charge on any atom is -0.311 e. The summed E-state index contributed by atoms with van der Waals surface area (Å²) in [7, 11) is 0. The van der Waals surface area contributed by atoms with Gasteiger partial charge in [0, 0.05) is 5.56 Å². The predicted molar refractivity (Wildman–Crippen MR) is 70.8 cm³/mol. The highest BCUT2D eigenvalue weighted by Crippen LogP contribution is 2.29. The number of fused-ring (bicyclic) bond motifs is 1. The van der Waals surface area contributed by atoms with Gasteiger partial charge in [-0.1, -0.05) is 29.8 Å². The molecular formula is C13H7ClF4N4. The Balaban J connectivity index is 2.11. The molecule has 114 valence electrons. The van der Waals surface area contributed by atoms with Crippen LogP contribution in [0.2, 0.25) is 5.15 Å². The quantitative estimate of drug-likeness (QED) is 0.532. The Kier molecular flexibility index (Phi) is 3.48. The lowest BCUT2D eigenvalue weighted by Gasteiger charge is -2.08. The summed E-state index contributed by atoms with van der Waals surface area (Å²) in [5.74, 6) is -1.83. The number of halogens is 5. The summed E-state index contributed by atoms with van der Waals surface area (Å²) in [4.78, 5) is 10.5. The minimum absolute atomic E-state index is 0.0200. The highest BCUT2D eigenvalue weighted by molar-refractivity contribution is 6.33. The molecule has 0 aliphatic rings. The van der Waals surface area contributed by atoms with Gasteiger partial charge in [-0.2, -0.15) is 13.2 Å². The van der Waals surface area contributed by atoms with Gasteiger partial charge in [0.15, 0.2) is 10.8 Å². The van der Waals surface area contributed by atoms with Crippen molar-refractivity contribution in [2.45, 2.75) is 12.7 Å². The van der Waals surface area contributed by atoms with E-state index in [9.17, 15) is 17.6 Å². The van der Waals surface area contributed by atoms with Crippen molar-refractivity contribution in [1.82, 2.24) is 19.5 Å². The van der Waals surface area contributed by atoms with Gasteiger partial charge in [0.05, 0.1) is 12.9 Å². The third-order valence-electron chi connectivity index (χ3n) is 2.97. The van der Waals surface area contributed by atoms with E-state index in [2.05, 4.69) is 15.0 Å². The van der Waals surface area contributed by atoms with Crippen LogP contribution in [-0.4, -0.2) is 19.5 Å². The third-order valence-corrected chi connectivity index (χ3v) is 3.24. The lowest BCUT2D eigenvalue weighted by molar-refractivity contribution is -0.144. The largest absolute Gasteiger partial charge is 0.451 e. The molecule has 2 aromatic heterocycles. The van der Waals surface area contributed by atoms with E-state index in [1.54, 1.807) is 6.07 Å². The standard InChI is InChI=1S/C13H7ClF4N4/c14-10-9-11(21-12(20-10)13(16,17)18)22(6-19-9)5-7-3-1-2-4-8(7)15/h1-4,6H,5H2. The van der Waals surface area contributed by atoms with Gasteiger partial charge in [-0.15, -0.1) is 0 Å². The van der Waals surface area contributed by atoms with Gasteiger partial charge in [0.25, 0.3) is 0 Å². The molecule has 2 heterocycles. The van der Waals surface area contributed by atoms with Crippen LogP contribution in [0, 0.1) is 5.82 Å². The molecule has 0 unspecified atom stereocenters. The van der Waals surface area contributed by atoms with Crippen LogP contribution >= 0.6 is 11.6 Å². The molecule has 0 saturated heterocycles. The lowest BCUT2D eigenvalue weighted by Crippen LogP contribution is -2.12. The normalized spacial score (nSPS) is 12.0. The van der Waals surface area contributed by atoms with Gasteiger partial charge in [0.1, 0.15) is 11.3 Å². The SMILES string of the molecule is Fc1ccccc1Cn1cnc2c(Cl)nc(C(F)(F)F)nc21. The molecule has 22 heavy (non-hydrogen) atoms. The first-order valence-corrected chi connectivity index (χ1v) is 6.43. The zero-order chi connectivity index (χ0) is 15.9. The van der Waals surface area contributed by atoms with Crippen molar-refractivity contribution in [2.75, 3.05) is 0 Å². The zero-order valence-electron chi connectivity index (χ0n) is 10.8. The number of alkyl halides is 3. The van der Waals surface area contributed by atoms with Gasteiger partial charge in [0.2, 0.25) is 5.82 Å². The number of imidazole rings is 1. The van der Waals surface area contributed by atoms with Gasteiger partial charge in [-0.05, 0) is 6.07 Å². The van der Waals surface area contributed by atoms with Crippen LogP contribution in [0.5, 0.6) is 0 Å². The van der Waals surface area contributed by atoms with E-state index in [4.69, 9.17) is 11.6 Å². The lowest BCUT2D eigenvalue weighted by atomic mass is 10.2. The minimum atomic E-state index is -4.73. The summed E-state index contributed by atoms with van der Waals surface area (Å²) < 4.78 is 53.2. The molecule has 3 rings (SSSR count). The second-order valence-electron chi connectivity index (χ2n) is 4.47.